The number of nitrogens with zero attached hydrogens (tertiary/aromatic N) is 1. The molecule has 1 heterocycles. The van der Waals surface area contributed by atoms with Gasteiger partial charge in [-0.25, -0.2) is 4.79 Å². The molecule has 0 unspecified atom stereocenters. The van der Waals surface area contributed by atoms with Crippen molar-refractivity contribution in [2.24, 2.45) is 0 Å². The Labute approximate surface area is 165 Å². The molecule has 2 rings (SSSR count). The van der Waals surface area contributed by atoms with Crippen molar-refractivity contribution >= 4 is 17.8 Å². The summed E-state index contributed by atoms with van der Waals surface area (Å²) < 4.78 is 10.4. The number of amides is 2. The Balaban J connectivity index is 1.74. The van der Waals surface area contributed by atoms with Crippen LogP contribution in [0.25, 0.3) is 0 Å². The quantitative estimate of drug-likeness (QED) is 0.602. The van der Waals surface area contributed by atoms with Gasteiger partial charge >= 0.3 is 5.97 Å². The van der Waals surface area contributed by atoms with Gasteiger partial charge in [-0.15, -0.1) is 0 Å². The number of hydrogen-bond acceptors (Lipinski definition) is 6. The highest BCUT2D eigenvalue weighted by atomic mass is 16.5. The van der Waals surface area contributed by atoms with Crippen LogP contribution in [0, 0.1) is 0 Å². The van der Waals surface area contributed by atoms with Crippen LogP contribution in [0.4, 0.5) is 0 Å². The SMILES string of the molecule is CCCNC(=O)[C@H](C)NC(=O)COC(=O)c1ccc(CN2CCOCC2)cc1. The van der Waals surface area contributed by atoms with E-state index in [-0.39, 0.29) is 5.91 Å². The number of nitrogens with one attached hydrogen (secondary N) is 2. The van der Waals surface area contributed by atoms with E-state index in [1.54, 1.807) is 19.1 Å². The molecular weight excluding hydrogens is 362 g/mol. The van der Waals surface area contributed by atoms with Crippen molar-refractivity contribution in [2.45, 2.75) is 32.9 Å². The number of carbonyl (C=O) groups is 3. The molecule has 1 aliphatic rings. The molecule has 2 amide bonds. The lowest BCUT2D eigenvalue weighted by molar-refractivity contribution is -0.130. The molecule has 1 aromatic carbocycles. The van der Waals surface area contributed by atoms with Crippen LogP contribution in [-0.2, 0) is 25.6 Å². The highest BCUT2D eigenvalue weighted by Crippen LogP contribution is 2.10. The van der Waals surface area contributed by atoms with Gasteiger partial charge in [0.2, 0.25) is 5.91 Å². The Morgan fingerprint density at radius 2 is 1.86 bits per heavy atom. The molecule has 0 aromatic heterocycles. The summed E-state index contributed by atoms with van der Waals surface area (Å²) in [6, 6.07) is 6.46. The maximum atomic E-state index is 12.1. The van der Waals surface area contributed by atoms with Crippen molar-refractivity contribution in [1.82, 2.24) is 15.5 Å². The molecule has 0 bridgehead atoms. The predicted octanol–water partition coefficient (Wildman–Crippen LogP) is 0.707. The Morgan fingerprint density at radius 3 is 2.50 bits per heavy atom. The number of morpholine rings is 1. The lowest BCUT2D eigenvalue weighted by Crippen LogP contribution is -2.46. The highest BCUT2D eigenvalue weighted by Gasteiger charge is 2.17. The van der Waals surface area contributed by atoms with Crippen molar-refractivity contribution in [3.63, 3.8) is 0 Å². The average molecular weight is 391 g/mol. The van der Waals surface area contributed by atoms with Crippen molar-refractivity contribution in [3.8, 4) is 0 Å². The number of ether oxygens (including phenoxy) is 2. The molecule has 0 radical (unpaired) electrons. The zero-order chi connectivity index (χ0) is 20.4. The fourth-order valence-electron chi connectivity index (χ4n) is 2.73. The van der Waals surface area contributed by atoms with Gasteiger partial charge in [0.15, 0.2) is 6.61 Å². The molecule has 1 aromatic rings. The maximum absolute atomic E-state index is 12.1. The molecule has 1 saturated heterocycles. The van der Waals surface area contributed by atoms with E-state index in [9.17, 15) is 14.4 Å². The molecule has 2 N–H and O–H groups in total. The molecule has 8 nitrogen and oxygen atoms in total. The zero-order valence-electron chi connectivity index (χ0n) is 16.5. The normalized spacial score (nSPS) is 15.5. The average Bonchev–Trinajstić information content (AvgIpc) is 2.71. The minimum absolute atomic E-state index is 0.266. The van der Waals surface area contributed by atoms with E-state index in [1.165, 1.54) is 0 Å². The lowest BCUT2D eigenvalue weighted by Gasteiger charge is -2.26. The number of rotatable bonds is 9. The second-order valence-electron chi connectivity index (χ2n) is 6.74. The van der Waals surface area contributed by atoms with Gasteiger partial charge in [0, 0.05) is 26.2 Å². The van der Waals surface area contributed by atoms with Crippen LogP contribution in [0.1, 0.15) is 36.2 Å². The van der Waals surface area contributed by atoms with Crippen LogP contribution in [0.2, 0.25) is 0 Å². The summed E-state index contributed by atoms with van der Waals surface area (Å²) in [5, 5.41) is 5.20. The molecular formula is C20H29N3O5. The van der Waals surface area contributed by atoms with E-state index >= 15 is 0 Å². The first-order chi connectivity index (χ1) is 13.5. The summed E-state index contributed by atoms with van der Waals surface area (Å²) >= 11 is 0. The minimum Gasteiger partial charge on any atom is -0.452 e. The van der Waals surface area contributed by atoms with E-state index in [0.29, 0.717) is 12.1 Å². The molecule has 0 spiro atoms. The van der Waals surface area contributed by atoms with Crippen molar-refractivity contribution in [3.05, 3.63) is 35.4 Å². The number of benzene rings is 1. The molecule has 8 heteroatoms. The van der Waals surface area contributed by atoms with E-state index in [4.69, 9.17) is 9.47 Å². The van der Waals surface area contributed by atoms with Crippen LogP contribution in [0.5, 0.6) is 0 Å². The van der Waals surface area contributed by atoms with E-state index in [1.807, 2.05) is 19.1 Å². The zero-order valence-corrected chi connectivity index (χ0v) is 16.5. The third kappa shape index (κ3) is 7.28. The Morgan fingerprint density at radius 1 is 1.18 bits per heavy atom. The third-order valence-electron chi connectivity index (χ3n) is 4.35. The molecule has 154 valence electrons. The van der Waals surface area contributed by atoms with Crippen LogP contribution in [0.3, 0.4) is 0 Å². The van der Waals surface area contributed by atoms with Crippen LogP contribution >= 0.6 is 0 Å². The largest absolute Gasteiger partial charge is 0.452 e. The highest BCUT2D eigenvalue weighted by molar-refractivity contribution is 5.92. The van der Waals surface area contributed by atoms with E-state index in [0.717, 1.165) is 44.8 Å². The van der Waals surface area contributed by atoms with Gasteiger partial charge in [0.25, 0.3) is 5.91 Å². The van der Waals surface area contributed by atoms with Gasteiger partial charge in [-0.1, -0.05) is 19.1 Å². The molecule has 1 fully saturated rings. The Kier molecular flexibility index (Phi) is 8.90. The molecule has 28 heavy (non-hydrogen) atoms. The molecule has 1 aliphatic heterocycles. The third-order valence-corrected chi connectivity index (χ3v) is 4.35. The van der Waals surface area contributed by atoms with Crippen LogP contribution < -0.4 is 10.6 Å². The predicted molar refractivity (Wildman–Crippen MR) is 104 cm³/mol. The minimum atomic E-state index is -0.683. The monoisotopic (exact) mass is 391 g/mol. The van der Waals surface area contributed by atoms with Crippen molar-refractivity contribution < 1.29 is 23.9 Å². The standard InChI is InChI=1S/C20H29N3O5/c1-3-8-21-19(25)15(2)22-18(24)14-28-20(26)17-6-4-16(5-7-17)13-23-9-11-27-12-10-23/h4-7,15H,3,8-14H2,1-2H3,(H,21,25)(H,22,24)/t15-/m0/s1. The summed E-state index contributed by atoms with van der Waals surface area (Å²) in [5.41, 5.74) is 1.48. The maximum Gasteiger partial charge on any atom is 0.338 e. The van der Waals surface area contributed by atoms with Crippen LogP contribution in [0.15, 0.2) is 24.3 Å². The second-order valence-corrected chi connectivity index (χ2v) is 6.74. The second kappa shape index (κ2) is 11.4. The van der Waals surface area contributed by atoms with Gasteiger partial charge < -0.3 is 20.1 Å². The van der Waals surface area contributed by atoms with E-state index < -0.39 is 24.5 Å². The summed E-state index contributed by atoms with van der Waals surface area (Å²) in [7, 11) is 0. The smallest absolute Gasteiger partial charge is 0.338 e. The first-order valence-corrected chi connectivity index (χ1v) is 9.63. The number of esters is 1. The summed E-state index contributed by atoms with van der Waals surface area (Å²) in [6.45, 7) is 7.72. The van der Waals surface area contributed by atoms with Crippen molar-refractivity contribution in [1.29, 1.82) is 0 Å². The molecule has 0 aliphatic carbocycles. The first-order valence-electron chi connectivity index (χ1n) is 9.63. The van der Waals surface area contributed by atoms with Gasteiger partial charge in [-0.2, -0.15) is 0 Å². The lowest BCUT2D eigenvalue weighted by atomic mass is 10.1. The first kappa shape index (κ1) is 21.8. The van der Waals surface area contributed by atoms with E-state index in [2.05, 4.69) is 15.5 Å². The summed E-state index contributed by atoms with van der Waals surface area (Å²) in [6.07, 6.45) is 0.815. The van der Waals surface area contributed by atoms with Gasteiger partial charge in [0.1, 0.15) is 6.04 Å². The topological polar surface area (TPSA) is 97.0 Å². The fourth-order valence-corrected chi connectivity index (χ4v) is 2.73. The molecule has 1 atom stereocenters. The van der Waals surface area contributed by atoms with Gasteiger partial charge in [-0.3, -0.25) is 14.5 Å². The Hall–Kier alpha value is -2.45. The van der Waals surface area contributed by atoms with Gasteiger partial charge in [-0.05, 0) is 31.0 Å². The molecule has 0 saturated carbocycles. The fraction of sp³-hybridized carbons (Fsp3) is 0.550. The van der Waals surface area contributed by atoms with Crippen LogP contribution in [-0.4, -0.2) is 68.2 Å². The summed E-state index contributed by atoms with van der Waals surface area (Å²) in [4.78, 5) is 38.0. The number of hydrogen-bond donors (Lipinski definition) is 2. The summed E-state index contributed by atoms with van der Waals surface area (Å²) in [5.74, 6) is -1.36. The number of carbonyl (C=O) groups excluding carboxylic acids is 3. The van der Waals surface area contributed by atoms with Crippen molar-refractivity contribution in [2.75, 3.05) is 39.5 Å². The Bertz CT molecular complexity index is 656. The van der Waals surface area contributed by atoms with Gasteiger partial charge in [0.05, 0.1) is 18.8 Å².